The summed E-state index contributed by atoms with van der Waals surface area (Å²) in [5.74, 6) is -0.315. The van der Waals surface area contributed by atoms with Gasteiger partial charge < -0.3 is 24.3 Å². The molecule has 0 unspecified atom stereocenters. The lowest BCUT2D eigenvalue weighted by atomic mass is 10.1. The van der Waals surface area contributed by atoms with Crippen LogP contribution in [0.25, 0.3) is 0 Å². The van der Waals surface area contributed by atoms with E-state index < -0.39 is 11.9 Å². The Hall–Kier alpha value is -4.33. The third kappa shape index (κ3) is 8.88. The molecule has 3 rings (SSSR count). The molecule has 39 heavy (non-hydrogen) atoms. The Morgan fingerprint density at radius 2 is 1.44 bits per heavy atom. The summed E-state index contributed by atoms with van der Waals surface area (Å²) in [6.45, 7) is 0.606. The molecule has 0 aromatic heterocycles. The molecule has 8 heteroatoms. The number of carbonyl (C=O) groups excluding carboxylic acids is 3. The van der Waals surface area contributed by atoms with E-state index in [0.29, 0.717) is 30.2 Å². The molecule has 0 saturated heterocycles. The van der Waals surface area contributed by atoms with E-state index in [4.69, 9.17) is 18.9 Å². The summed E-state index contributed by atoms with van der Waals surface area (Å²) in [4.78, 5) is 36.6. The molecule has 1 amide bonds. The van der Waals surface area contributed by atoms with Crippen molar-refractivity contribution >= 4 is 23.5 Å². The number of esters is 2. The summed E-state index contributed by atoms with van der Waals surface area (Å²) < 4.78 is 20.9. The quantitative estimate of drug-likeness (QED) is 0.212. The molecule has 0 heterocycles. The maximum Gasteiger partial charge on any atom is 0.338 e. The second kappa shape index (κ2) is 15.2. The first kappa shape index (κ1) is 29.2. The molecule has 206 valence electrons. The van der Waals surface area contributed by atoms with Gasteiger partial charge in [-0.3, -0.25) is 4.79 Å². The monoisotopic (exact) mass is 533 g/mol. The van der Waals surface area contributed by atoms with Gasteiger partial charge in [0, 0.05) is 12.1 Å². The van der Waals surface area contributed by atoms with Crippen molar-refractivity contribution in [2.24, 2.45) is 0 Å². The van der Waals surface area contributed by atoms with E-state index in [1.165, 1.54) is 38.0 Å². The molecule has 0 radical (unpaired) electrons. The highest BCUT2D eigenvalue weighted by molar-refractivity contribution is 6.04. The molecule has 1 N–H and O–H groups in total. The van der Waals surface area contributed by atoms with Crippen molar-refractivity contribution in [1.82, 2.24) is 0 Å². The molecular formula is C31H35NO7. The molecule has 3 aromatic rings. The number of rotatable bonds is 14. The van der Waals surface area contributed by atoms with Crippen molar-refractivity contribution < 1.29 is 33.3 Å². The highest BCUT2D eigenvalue weighted by atomic mass is 16.5. The van der Waals surface area contributed by atoms with Crippen LogP contribution in [0.3, 0.4) is 0 Å². The number of methoxy groups -OCH3 is 3. The molecule has 0 fully saturated rings. The van der Waals surface area contributed by atoms with E-state index in [-0.39, 0.29) is 23.5 Å². The lowest BCUT2D eigenvalue weighted by Crippen LogP contribution is -2.15. The van der Waals surface area contributed by atoms with Gasteiger partial charge in [0.25, 0.3) is 0 Å². The zero-order valence-corrected chi connectivity index (χ0v) is 22.7. The van der Waals surface area contributed by atoms with E-state index in [9.17, 15) is 14.4 Å². The zero-order valence-electron chi connectivity index (χ0n) is 22.7. The third-order valence-electron chi connectivity index (χ3n) is 6.19. The fourth-order valence-electron chi connectivity index (χ4n) is 4.09. The van der Waals surface area contributed by atoms with Gasteiger partial charge in [-0.1, -0.05) is 36.4 Å². The predicted octanol–water partition coefficient (Wildman–Crippen LogP) is 5.63. The van der Waals surface area contributed by atoms with E-state index >= 15 is 0 Å². The summed E-state index contributed by atoms with van der Waals surface area (Å²) in [7, 11) is 4.03. The lowest BCUT2D eigenvalue weighted by Gasteiger charge is -2.13. The van der Waals surface area contributed by atoms with Crippen LogP contribution in [0.15, 0.2) is 66.7 Å². The first-order valence-electron chi connectivity index (χ1n) is 12.9. The summed E-state index contributed by atoms with van der Waals surface area (Å²) in [5.41, 5.74) is 2.72. The van der Waals surface area contributed by atoms with Crippen LogP contribution in [0.5, 0.6) is 11.5 Å². The SMILES string of the molecule is COC(=O)c1ccc(NC(=O)CCc2ccc(OCCCCCc3ccccc3)c(OC)c2)cc1C(=O)OC. The highest BCUT2D eigenvalue weighted by Crippen LogP contribution is 2.29. The molecular weight excluding hydrogens is 498 g/mol. The minimum absolute atomic E-state index is 0.0127. The predicted molar refractivity (Wildman–Crippen MR) is 149 cm³/mol. The summed E-state index contributed by atoms with van der Waals surface area (Å²) in [6, 6.07) is 20.5. The maximum absolute atomic E-state index is 12.6. The Labute approximate surface area is 229 Å². The van der Waals surface area contributed by atoms with Gasteiger partial charge in [0.2, 0.25) is 5.91 Å². The Morgan fingerprint density at radius 3 is 2.15 bits per heavy atom. The first-order chi connectivity index (χ1) is 18.9. The standard InChI is InChI=1S/C31H35NO7/c1-36-28-20-23(13-17-27(28)39-19-9-5-8-12-22-10-6-4-7-11-22)14-18-29(33)32-24-15-16-25(30(34)37-2)26(21-24)31(35)38-3/h4,6-7,10-11,13,15-17,20-21H,5,8-9,12,14,18-19H2,1-3H3,(H,32,33). The molecule has 0 aliphatic heterocycles. The smallest absolute Gasteiger partial charge is 0.338 e. The van der Waals surface area contributed by atoms with Crippen molar-refractivity contribution in [3.8, 4) is 11.5 Å². The zero-order chi connectivity index (χ0) is 28.0. The van der Waals surface area contributed by atoms with Gasteiger partial charge in [0.15, 0.2) is 11.5 Å². The van der Waals surface area contributed by atoms with Gasteiger partial charge in [-0.05, 0) is 73.6 Å². The van der Waals surface area contributed by atoms with Crippen LogP contribution in [0.4, 0.5) is 5.69 Å². The molecule has 0 bridgehead atoms. The Bertz CT molecular complexity index is 1260. The van der Waals surface area contributed by atoms with Crippen molar-refractivity contribution in [3.63, 3.8) is 0 Å². The van der Waals surface area contributed by atoms with E-state index in [0.717, 1.165) is 31.2 Å². The summed E-state index contributed by atoms with van der Waals surface area (Å²) in [6.07, 6.45) is 4.90. The van der Waals surface area contributed by atoms with Crippen LogP contribution in [0.1, 0.15) is 57.5 Å². The minimum atomic E-state index is -0.701. The fourth-order valence-corrected chi connectivity index (χ4v) is 4.09. The van der Waals surface area contributed by atoms with Crippen molar-refractivity contribution in [3.05, 3.63) is 89.0 Å². The number of ether oxygens (including phenoxy) is 4. The van der Waals surface area contributed by atoms with Crippen LogP contribution >= 0.6 is 0 Å². The Morgan fingerprint density at radius 1 is 0.692 bits per heavy atom. The van der Waals surface area contributed by atoms with Gasteiger partial charge >= 0.3 is 11.9 Å². The normalized spacial score (nSPS) is 10.4. The molecule has 3 aromatic carbocycles. The summed E-state index contributed by atoms with van der Waals surface area (Å²) in [5, 5.41) is 2.76. The van der Waals surface area contributed by atoms with Crippen molar-refractivity contribution in [1.29, 1.82) is 0 Å². The Balaban J connectivity index is 1.48. The largest absolute Gasteiger partial charge is 0.493 e. The lowest BCUT2D eigenvalue weighted by molar-refractivity contribution is -0.116. The number of hydrogen-bond donors (Lipinski definition) is 1. The number of carbonyl (C=O) groups is 3. The number of aryl methyl sites for hydroxylation is 2. The topological polar surface area (TPSA) is 100 Å². The highest BCUT2D eigenvalue weighted by Gasteiger charge is 2.19. The number of nitrogens with one attached hydrogen (secondary N) is 1. The number of unbranched alkanes of at least 4 members (excludes halogenated alkanes) is 2. The third-order valence-corrected chi connectivity index (χ3v) is 6.19. The number of benzene rings is 3. The second-order valence-electron chi connectivity index (χ2n) is 8.92. The molecule has 0 spiro atoms. The number of anilines is 1. The van der Waals surface area contributed by atoms with Gasteiger partial charge in [0.1, 0.15) is 0 Å². The van der Waals surface area contributed by atoms with Crippen molar-refractivity contribution in [2.45, 2.75) is 38.5 Å². The average molecular weight is 534 g/mol. The number of amides is 1. The minimum Gasteiger partial charge on any atom is -0.493 e. The molecule has 8 nitrogen and oxygen atoms in total. The van der Waals surface area contributed by atoms with Crippen LogP contribution in [0, 0.1) is 0 Å². The first-order valence-corrected chi connectivity index (χ1v) is 12.9. The second-order valence-corrected chi connectivity index (χ2v) is 8.92. The van der Waals surface area contributed by atoms with Gasteiger partial charge in [-0.25, -0.2) is 9.59 Å². The van der Waals surface area contributed by atoms with E-state index in [1.54, 1.807) is 7.11 Å². The average Bonchev–Trinajstić information content (AvgIpc) is 2.97. The molecule has 0 atom stereocenters. The Kier molecular flexibility index (Phi) is 11.4. The van der Waals surface area contributed by atoms with Gasteiger partial charge in [0.05, 0.1) is 39.1 Å². The van der Waals surface area contributed by atoms with Crippen molar-refractivity contribution in [2.75, 3.05) is 33.3 Å². The molecule has 0 saturated carbocycles. The van der Waals surface area contributed by atoms with Gasteiger partial charge in [-0.15, -0.1) is 0 Å². The fraction of sp³-hybridized carbons (Fsp3) is 0.323. The van der Waals surface area contributed by atoms with E-state index in [1.807, 2.05) is 24.3 Å². The maximum atomic E-state index is 12.6. The van der Waals surface area contributed by atoms with Crippen LogP contribution in [-0.4, -0.2) is 45.8 Å². The van der Waals surface area contributed by atoms with Crippen LogP contribution in [-0.2, 0) is 27.1 Å². The van der Waals surface area contributed by atoms with Gasteiger partial charge in [-0.2, -0.15) is 0 Å². The molecule has 0 aliphatic rings. The number of hydrogen-bond acceptors (Lipinski definition) is 7. The van der Waals surface area contributed by atoms with Crippen LogP contribution in [0.2, 0.25) is 0 Å². The summed E-state index contributed by atoms with van der Waals surface area (Å²) >= 11 is 0. The van der Waals surface area contributed by atoms with E-state index in [2.05, 4.69) is 29.6 Å². The molecule has 0 aliphatic carbocycles. The van der Waals surface area contributed by atoms with Crippen LogP contribution < -0.4 is 14.8 Å².